The van der Waals surface area contributed by atoms with Gasteiger partial charge in [0.15, 0.2) is 0 Å². The Labute approximate surface area is 181 Å². The van der Waals surface area contributed by atoms with Crippen LogP contribution in [0.5, 0.6) is 5.75 Å². The number of nitrogens with zero attached hydrogens (tertiary/aromatic N) is 1. The minimum absolute atomic E-state index is 0.0420. The lowest BCUT2D eigenvalue weighted by Crippen LogP contribution is -2.30. The van der Waals surface area contributed by atoms with Crippen molar-refractivity contribution in [3.8, 4) is 5.75 Å². The van der Waals surface area contributed by atoms with Gasteiger partial charge in [0.05, 0.1) is 23.4 Å². The average molecular weight is 445 g/mol. The first-order valence-corrected chi connectivity index (χ1v) is 11.0. The van der Waals surface area contributed by atoms with Crippen LogP contribution in [0.1, 0.15) is 17.3 Å². The van der Waals surface area contributed by atoms with Gasteiger partial charge in [-0.3, -0.25) is 9.10 Å². The van der Waals surface area contributed by atoms with Gasteiger partial charge in [0.1, 0.15) is 5.75 Å². The Kier molecular flexibility index (Phi) is 6.64. The second-order valence-corrected chi connectivity index (χ2v) is 8.63. The molecule has 0 aliphatic carbocycles. The number of nitrogens with one attached hydrogen (secondary N) is 1. The molecule has 0 aliphatic heterocycles. The van der Waals surface area contributed by atoms with E-state index in [0.29, 0.717) is 22.0 Å². The molecular weight excluding hydrogens is 424 g/mol. The van der Waals surface area contributed by atoms with Gasteiger partial charge in [-0.2, -0.15) is 0 Å². The summed E-state index contributed by atoms with van der Waals surface area (Å²) < 4.78 is 33.1. The molecule has 0 spiro atoms. The van der Waals surface area contributed by atoms with Crippen LogP contribution in [0.25, 0.3) is 0 Å². The van der Waals surface area contributed by atoms with Gasteiger partial charge >= 0.3 is 0 Å². The molecular formula is C22H21ClN2O4S. The first-order valence-electron chi connectivity index (χ1n) is 9.19. The van der Waals surface area contributed by atoms with Gasteiger partial charge in [0.25, 0.3) is 15.9 Å². The predicted octanol–water partition coefficient (Wildman–Crippen LogP) is 4.82. The third kappa shape index (κ3) is 4.58. The minimum Gasteiger partial charge on any atom is -0.495 e. The molecule has 8 heteroatoms. The van der Waals surface area contributed by atoms with Crippen molar-refractivity contribution in [2.45, 2.75) is 11.8 Å². The highest BCUT2D eigenvalue weighted by molar-refractivity contribution is 7.92. The molecule has 0 saturated carbocycles. The lowest BCUT2D eigenvalue weighted by atomic mass is 10.2. The number of sulfonamides is 1. The van der Waals surface area contributed by atoms with Crippen LogP contribution in [0.3, 0.4) is 0 Å². The molecule has 0 heterocycles. The Hall–Kier alpha value is -3.03. The maximum absolute atomic E-state index is 13.3. The number of para-hydroxylation sites is 1. The molecule has 3 aromatic carbocycles. The second kappa shape index (κ2) is 9.19. The van der Waals surface area contributed by atoms with Gasteiger partial charge in [-0.15, -0.1) is 0 Å². The summed E-state index contributed by atoms with van der Waals surface area (Å²) in [5.74, 6) is -0.0612. The van der Waals surface area contributed by atoms with Crippen LogP contribution in [0, 0.1) is 0 Å². The number of benzene rings is 3. The molecule has 1 amide bonds. The summed E-state index contributed by atoms with van der Waals surface area (Å²) in [4.78, 5) is 12.6. The number of methoxy groups -OCH3 is 1. The van der Waals surface area contributed by atoms with E-state index >= 15 is 0 Å². The number of amides is 1. The van der Waals surface area contributed by atoms with Crippen LogP contribution in [0.15, 0.2) is 77.7 Å². The van der Waals surface area contributed by atoms with Crippen molar-refractivity contribution in [3.63, 3.8) is 0 Å². The number of carbonyl (C=O) groups excluding carboxylic acids is 1. The topological polar surface area (TPSA) is 75.7 Å². The molecule has 0 bridgehead atoms. The van der Waals surface area contributed by atoms with Crippen molar-refractivity contribution in [3.05, 3.63) is 83.4 Å². The van der Waals surface area contributed by atoms with Gasteiger partial charge in [0.2, 0.25) is 0 Å². The number of hydrogen-bond acceptors (Lipinski definition) is 4. The molecule has 0 aromatic heterocycles. The number of halogens is 1. The van der Waals surface area contributed by atoms with Gasteiger partial charge < -0.3 is 10.1 Å². The number of ether oxygens (including phenoxy) is 1. The van der Waals surface area contributed by atoms with E-state index in [1.54, 1.807) is 55.5 Å². The van der Waals surface area contributed by atoms with Crippen LogP contribution in [-0.4, -0.2) is 28.0 Å². The molecule has 6 nitrogen and oxygen atoms in total. The zero-order valence-electron chi connectivity index (χ0n) is 16.5. The highest BCUT2D eigenvalue weighted by Gasteiger charge is 2.25. The summed E-state index contributed by atoms with van der Waals surface area (Å²) in [5, 5.41) is 3.23. The molecule has 0 radical (unpaired) electrons. The van der Waals surface area contributed by atoms with Gasteiger partial charge in [-0.1, -0.05) is 29.8 Å². The molecule has 0 aliphatic rings. The molecule has 30 heavy (non-hydrogen) atoms. The monoisotopic (exact) mass is 444 g/mol. The molecule has 0 atom stereocenters. The molecule has 0 unspecified atom stereocenters. The third-order valence-electron chi connectivity index (χ3n) is 4.44. The molecule has 0 saturated heterocycles. The van der Waals surface area contributed by atoms with Gasteiger partial charge in [-0.25, -0.2) is 8.42 Å². The molecule has 156 valence electrons. The van der Waals surface area contributed by atoms with Crippen molar-refractivity contribution in [2.75, 3.05) is 23.3 Å². The Morgan fingerprint density at radius 2 is 1.70 bits per heavy atom. The van der Waals surface area contributed by atoms with E-state index in [0.717, 1.165) is 0 Å². The SMILES string of the molecule is CCN(c1ccccc1)S(=O)(=O)c1ccc(OC)c(NC(=O)c2ccc(Cl)cc2)c1. The van der Waals surface area contributed by atoms with Crippen LogP contribution >= 0.6 is 11.6 Å². The van der Waals surface area contributed by atoms with E-state index in [1.165, 1.54) is 29.6 Å². The lowest BCUT2D eigenvalue weighted by Gasteiger charge is -2.23. The summed E-state index contributed by atoms with van der Waals surface area (Å²) in [7, 11) is -2.40. The molecule has 0 fully saturated rings. The highest BCUT2D eigenvalue weighted by Crippen LogP contribution is 2.31. The fourth-order valence-corrected chi connectivity index (χ4v) is 4.58. The van der Waals surface area contributed by atoms with Crippen molar-refractivity contribution in [2.24, 2.45) is 0 Å². The normalized spacial score (nSPS) is 11.0. The molecule has 1 N–H and O–H groups in total. The van der Waals surface area contributed by atoms with E-state index in [9.17, 15) is 13.2 Å². The zero-order chi connectivity index (χ0) is 21.7. The number of rotatable bonds is 7. The smallest absolute Gasteiger partial charge is 0.264 e. The maximum atomic E-state index is 13.3. The zero-order valence-corrected chi connectivity index (χ0v) is 18.1. The van der Waals surface area contributed by atoms with E-state index in [2.05, 4.69) is 5.32 Å². The fourth-order valence-electron chi connectivity index (χ4n) is 2.95. The van der Waals surface area contributed by atoms with Crippen LogP contribution in [0.2, 0.25) is 5.02 Å². The highest BCUT2D eigenvalue weighted by atomic mass is 35.5. The Morgan fingerprint density at radius 1 is 1.03 bits per heavy atom. The quantitative estimate of drug-likeness (QED) is 0.567. The van der Waals surface area contributed by atoms with Crippen molar-refractivity contribution < 1.29 is 17.9 Å². The Balaban J connectivity index is 1.97. The molecule has 3 rings (SSSR count). The summed E-state index contributed by atoms with van der Waals surface area (Å²) in [6.07, 6.45) is 0. The van der Waals surface area contributed by atoms with Crippen LogP contribution < -0.4 is 14.4 Å². The largest absolute Gasteiger partial charge is 0.495 e. The van der Waals surface area contributed by atoms with Crippen LogP contribution in [0.4, 0.5) is 11.4 Å². The number of anilines is 2. The Bertz CT molecular complexity index is 1130. The average Bonchev–Trinajstić information content (AvgIpc) is 2.75. The van der Waals surface area contributed by atoms with Crippen molar-refractivity contribution in [1.29, 1.82) is 0 Å². The van der Waals surface area contributed by atoms with E-state index in [-0.39, 0.29) is 17.1 Å². The predicted molar refractivity (Wildman–Crippen MR) is 119 cm³/mol. The van der Waals surface area contributed by atoms with Crippen molar-refractivity contribution >= 4 is 38.9 Å². The second-order valence-electron chi connectivity index (χ2n) is 6.33. The fraction of sp³-hybridized carbons (Fsp3) is 0.136. The van der Waals surface area contributed by atoms with E-state index < -0.39 is 15.9 Å². The summed E-state index contributed by atoms with van der Waals surface area (Å²) in [6, 6.07) is 19.6. The van der Waals surface area contributed by atoms with E-state index in [1.807, 2.05) is 6.07 Å². The molecule has 3 aromatic rings. The first kappa shape index (κ1) is 21.7. The summed E-state index contributed by atoms with van der Waals surface area (Å²) >= 11 is 5.87. The minimum atomic E-state index is -3.85. The lowest BCUT2D eigenvalue weighted by molar-refractivity contribution is 0.102. The standard InChI is InChI=1S/C22H21ClN2O4S/c1-3-25(18-7-5-4-6-8-18)30(27,28)19-13-14-21(29-2)20(15-19)24-22(26)16-9-11-17(23)12-10-16/h4-15H,3H2,1-2H3,(H,24,26). The number of hydrogen-bond donors (Lipinski definition) is 1. The first-order chi connectivity index (χ1) is 14.4. The van der Waals surface area contributed by atoms with Gasteiger partial charge in [-0.05, 0) is 61.5 Å². The summed E-state index contributed by atoms with van der Waals surface area (Å²) in [5.41, 5.74) is 1.19. The van der Waals surface area contributed by atoms with Gasteiger partial charge in [0, 0.05) is 17.1 Å². The van der Waals surface area contributed by atoms with E-state index in [4.69, 9.17) is 16.3 Å². The Morgan fingerprint density at radius 3 is 2.30 bits per heavy atom. The third-order valence-corrected chi connectivity index (χ3v) is 6.60. The maximum Gasteiger partial charge on any atom is 0.264 e. The number of carbonyl (C=O) groups is 1. The van der Waals surface area contributed by atoms with Crippen molar-refractivity contribution in [1.82, 2.24) is 0 Å². The van der Waals surface area contributed by atoms with Crippen LogP contribution in [-0.2, 0) is 10.0 Å². The summed E-state index contributed by atoms with van der Waals surface area (Å²) in [6.45, 7) is 2.02.